The van der Waals surface area contributed by atoms with Gasteiger partial charge in [0.15, 0.2) is 0 Å². The number of anilines is 3. The number of nitrogens with zero attached hydrogens (tertiary/aromatic N) is 1. The highest BCUT2D eigenvalue weighted by molar-refractivity contribution is 6.09. The maximum atomic E-state index is 2.39. The van der Waals surface area contributed by atoms with Crippen molar-refractivity contribution in [3.05, 3.63) is 198 Å². The Balaban J connectivity index is 1.31. The topological polar surface area (TPSA) is 3.24 Å². The lowest BCUT2D eigenvalue weighted by atomic mass is 9.68. The zero-order chi connectivity index (χ0) is 31.1. The minimum absolute atomic E-state index is 0.422. The first-order valence-electron chi connectivity index (χ1n) is 16.5. The lowest BCUT2D eigenvalue weighted by molar-refractivity contribution is 0.809. The second-order valence-electron chi connectivity index (χ2n) is 12.9. The third kappa shape index (κ3) is 3.49. The molecular formula is C46H31N. The molecule has 2 aliphatic carbocycles. The average molecular weight is 598 g/mol. The second-order valence-corrected chi connectivity index (χ2v) is 12.9. The van der Waals surface area contributed by atoms with Crippen molar-refractivity contribution >= 4 is 38.6 Å². The van der Waals surface area contributed by atoms with E-state index in [9.17, 15) is 0 Å². The van der Waals surface area contributed by atoms with Crippen LogP contribution in [0.4, 0.5) is 17.1 Å². The quantitative estimate of drug-likeness (QED) is 0.196. The molecule has 0 amide bonds. The maximum Gasteiger partial charge on any atom is 0.0737 e. The van der Waals surface area contributed by atoms with Crippen molar-refractivity contribution in [3.8, 4) is 22.3 Å². The molecule has 0 unspecified atom stereocenters. The average Bonchev–Trinajstić information content (AvgIpc) is 3.60. The van der Waals surface area contributed by atoms with Gasteiger partial charge in [0.05, 0.1) is 5.41 Å². The Kier molecular flexibility index (Phi) is 5.48. The Labute approximate surface area is 275 Å². The van der Waals surface area contributed by atoms with E-state index in [0.717, 1.165) is 11.4 Å². The lowest BCUT2D eigenvalue weighted by Crippen LogP contribution is -2.26. The number of para-hydroxylation sites is 2. The monoisotopic (exact) mass is 597 g/mol. The molecule has 47 heavy (non-hydrogen) atoms. The summed E-state index contributed by atoms with van der Waals surface area (Å²) < 4.78 is 0. The van der Waals surface area contributed by atoms with Crippen LogP contribution in [0, 0.1) is 6.92 Å². The van der Waals surface area contributed by atoms with Crippen LogP contribution in [0.15, 0.2) is 170 Å². The predicted octanol–water partition coefficient (Wildman–Crippen LogP) is 12.1. The van der Waals surface area contributed by atoms with Crippen LogP contribution in [0.5, 0.6) is 0 Å². The van der Waals surface area contributed by atoms with Gasteiger partial charge in [-0.3, -0.25) is 0 Å². The molecule has 0 aromatic heterocycles. The third-order valence-corrected chi connectivity index (χ3v) is 10.6. The number of benzene rings is 8. The van der Waals surface area contributed by atoms with E-state index in [1.165, 1.54) is 77.3 Å². The molecule has 0 bridgehead atoms. The standard InChI is InChI=1S/C46H31N/c1-30-13-5-12-22-43(30)47(33-15-3-2-4-16-33)34-25-28-36-32(29-34)24-27-40-39-26-23-31-14-6-7-17-35(31)44(39)46(45(36)40)41-20-10-8-18-37(41)38-19-9-11-21-42(38)46/h2-29H,1H3. The normalized spacial score (nSPS) is 13.4. The number of fused-ring (bicyclic) bond motifs is 14. The van der Waals surface area contributed by atoms with Crippen LogP contribution in [0.1, 0.15) is 27.8 Å². The molecule has 0 N–H and O–H groups in total. The summed E-state index contributed by atoms with van der Waals surface area (Å²) in [6.45, 7) is 2.19. The van der Waals surface area contributed by atoms with E-state index in [2.05, 4.69) is 182 Å². The lowest BCUT2D eigenvalue weighted by Gasteiger charge is -2.32. The fourth-order valence-electron chi connectivity index (χ4n) is 8.70. The van der Waals surface area contributed by atoms with Gasteiger partial charge in [-0.05, 0) is 109 Å². The zero-order valence-corrected chi connectivity index (χ0v) is 26.1. The molecule has 10 rings (SSSR count). The fourth-order valence-corrected chi connectivity index (χ4v) is 8.70. The molecule has 1 heteroatoms. The van der Waals surface area contributed by atoms with E-state index >= 15 is 0 Å². The van der Waals surface area contributed by atoms with Crippen molar-refractivity contribution in [2.75, 3.05) is 4.90 Å². The molecule has 8 aromatic rings. The number of hydrogen-bond donors (Lipinski definition) is 0. The van der Waals surface area contributed by atoms with Gasteiger partial charge in [-0.1, -0.05) is 140 Å². The first-order chi connectivity index (χ1) is 23.2. The molecule has 0 atom stereocenters. The molecular weight excluding hydrogens is 567 g/mol. The Hall–Kier alpha value is -5.92. The second kappa shape index (κ2) is 9.79. The van der Waals surface area contributed by atoms with E-state index in [4.69, 9.17) is 0 Å². The van der Waals surface area contributed by atoms with Gasteiger partial charge in [0.1, 0.15) is 0 Å². The van der Waals surface area contributed by atoms with Crippen molar-refractivity contribution in [1.29, 1.82) is 0 Å². The van der Waals surface area contributed by atoms with Crippen molar-refractivity contribution in [2.24, 2.45) is 0 Å². The van der Waals surface area contributed by atoms with Gasteiger partial charge >= 0.3 is 0 Å². The summed E-state index contributed by atoms with van der Waals surface area (Å²) in [4.78, 5) is 2.39. The number of aryl methyl sites for hydroxylation is 1. The molecule has 220 valence electrons. The van der Waals surface area contributed by atoms with Gasteiger partial charge < -0.3 is 4.90 Å². The zero-order valence-electron chi connectivity index (χ0n) is 26.1. The molecule has 0 saturated carbocycles. The Morgan fingerprint density at radius 2 is 0.979 bits per heavy atom. The van der Waals surface area contributed by atoms with Gasteiger partial charge in [0.2, 0.25) is 0 Å². The largest absolute Gasteiger partial charge is 0.310 e. The fraction of sp³-hybridized carbons (Fsp3) is 0.0435. The molecule has 0 heterocycles. The molecule has 0 radical (unpaired) electrons. The Morgan fingerprint density at radius 1 is 0.404 bits per heavy atom. The van der Waals surface area contributed by atoms with Crippen molar-refractivity contribution < 1.29 is 0 Å². The summed E-state index contributed by atoms with van der Waals surface area (Å²) in [7, 11) is 0. The molecule has 1 spiro atoms. The van der Waals surface area contributed by atoms with Gasteiger partial charge in [-0.15, -0.1) is 0 Å². The summed E-state index contributed by atoms with van der Waals surface area (Å²) in [6, 6.07) is 63.0. The van der Waals surface area contributed by atoms with Crippen molar-refractivity contribution in [1.82, 2.24) is 0 Å². The van der Waals surface area contributed by atoms with Crippen LogP contribution in [-0.2, 0) is 5.41 Å². The molecule has 0 fully saturated rings. The van der Waals surface area contributed by atoms with E-state index in [1.54, 1.807) is 0 Å². The highest BCUT2D eigenvalue weighted by Gasteiger charge is 2.53. The third-order valence-electron chi connectivity index (χ3n) is 10.6. The molecule has 2 aliphatic rings. The van der Waals surface area contributed by atoms with Gasteiger partial charge in [0.25, 0.3) is 0 Å². The molecule has 8 aromatic carbocycles. The Bertz CT molecular complexity index is 2500. The van der Waals surface area contributed by atoms with Crippen LogP contribution in [0.3, 0.4) is 0 Å². The van der Waals surface area contributed by atoms with Crippen LogP contribution in [0.25, 0.3) is 43.8 Å². The van der Waals surface area contributed by atoms with Gasteiger partial charge in [0, 0.05) is 17.1 Å². The smallest absolute Gasteiger partial charge is 0.0737 e. The molecule has 1 nitrogen and oxygen atoms in total. The van der Waals surface area contributed by atoms with Crippen LogP contribution >= 0.6 is 0 Å². The summed E-state index contributed by atoms with van der Waals surface area (Å²) in [5, 5.41) is 5.15. The number of hydrogen-bond acceptors (Lipinski definition) is 1. The predicted molar refractivity (Wildman–Crippen MR) is 197 cm³/mol. The van der Waals surface area contributed by atoms with E-state index in [-0.39, 0.29) is 0 Å². The molecule has 0 aliphatic heterocycles. The first-order valence-corrected chi connectivity index (χ1v) is 16.5. The van der Waals surface area contributed by atoms with Gasteiger partial charge in [-0.25, -0.2) is 0 Å². The van der Waals surface area contributed by atoms with Crippen LogP contribution < -0.4 is 4.90 Å². The SMILES string of the molecule is Cc1ccccc1N(c1ccccc1)c1ccc2c3c(ccc2c1)-c1ccc2ccccc2c1C31c2ccccc2-c2ccccc21. The van der Waals surface area contributed by atoms with Crippen molar-refractivity contribution in [2.45, 2.75) is 12.3 Å². The summed E-state index contributed by atoms with van der Waals surface area (Å²) in [5.41, 5.74) is 15.2. The van der Waals surface area contributed by atoms with E-state index < -0.39 is 5.41 Å². The van der Waals surface area contributed by atoms with Gasteiger partial charge in [-0.2, -0.15) is 0 Å². The van der Waals surface area contributed by atoms with Crippen LogP contribution in [-0.4, -0.2) is 0 Å². The van der Waals surface area contributed by atoms with Crippen molar-refractivity contribution in [3.63, 3.8) is 0 Å². The van der Waals surface area contributed by atoms with E-state index in [1.807, 2.05) is 0 Å². The Morgan fingerprint density at radius 3 is 1.70 bits per heavy atom. The van der Waals surface area contributed by atoms with E-state index in [0.29, 0.717) is 0 Å². The summed E-state index contributed by atoms with van der Waals surface area (Å²) in [6.07, 6.45) is 0. The molecule has 0 saturated heterocycles. The minimum atomic E-state index is -0.422. The highest BCUT2D eigenvalue weighted by atomic mass is 15.1. The maximum absolute atomic E-state index is 2.39. The summed E-state index contributed by atoms with van der Waals surface area (Å²) in [5.74, 6) is 0. The summed E-state index contributed by atoms with van der Waals surface area (Å²) >= 11 is 0. The number of rotatable bonds is 3. The first kappa shape index (κ1) is 26.3. The minimum Gasteiger partial charge on any atom is -0.310 e. The highest BCUT2D eigenvalue weighted by Crippen LogP contribution is 2.65. The van der Waals surface area contributed by atoms with Crippen LogP contribution in [0.2, 0.25) is 0 Å².